The third-order valence-corrected chi connectivity index (χ3v) is 6.74. The van der Waals surface area contributed by atoms with E-state index in [-0.39, 0.29) is 11.8 Å². The Morgan fingerprint density at radius 3 is 2.39 bits per heavy atom. The molecule has 172 valence electrons. The number of carbonyl (C=O) groups is 1. The van der Waals surface area contributed by atoms with E-state index in [1.54, 1.807) is 7.11 Å². The molecule has 3 aromatic rings. The lowest BCUT2D eigenvalue weighted by Gasteiger charge is -2.32. The van der Waals surface area contributed by atoms with Crippen molar-refractivity contribution in [3.8, 4) is 16.9 Å². The molecule has 1 heterocycles. The number of benzene rings is 3. The third kappa shape index (κ3) is 6.23. The lowest BCUT2D eigenvalue weighted by atomic mass is 9.94. The molecule has 1 unspecified atom stereocenters. The molecule has 33 heavy (non-hydrogen) atoms. The van der Waals surface area contributed by atoms with Crippen LogP contribution in [0.3, 0.4) is 0 Å². The first-order chi connectivity index (χ1) is 16.1. The lowest BCUT2D eigenvalue weighted by Crippen LogP contribution is -2.38. The van der Waals surface area contributed by atoms with Gasteiger partial charge in [0.25, 0.3) is 0 Å². The van der Waals surface area contributed by atoms with Gasteiger partial charge in [-0.3, -0.25) is 4.79 Å². The second kappa shape index (κ2) is 11.2. The second-order valence-electron chi connectivity index (χ2n) is 9.02. The van der Waals surface area contributed by atoms with Gasteiger partial charge in [0.2, 0.25) is 5.91 Å². The van der Waals surface area contributed by atoms with E-state index in [4.69, 9.17) is 4.74 Å². The highest BCUT2D eigenvalue weighted by Gasteiger charge is 2.25. The highest BCUT2D eigenvalue weighted by Crippen LogP contribution is 2.27. The fourth-order valence-corrected chi connectivity index (χ4v) is 4.57. The number of anilines is 1. The molecule has 1 atom stereocenters. The molecule has 1 fully saturated rings. The Morgan fingerprint density at radius 1 is 0.970 bits per heavy atom. The van der Waals surface area contributed by atoms with Crippen molar-refractivity contribution in [3.63, 3.8) is 0 Å². The first-order valence-electron chi connectivity index (χ1n) is 11.9. The first kappa shape index (κ1) is 23.1. The number of hydrogen-bond acceptors (Lipinski definition) is 3. The zero-order valence-corrected chi connectivity index (χ0v) is 19.7. The Kier molecular flexibility index (Phi) is 7.79. The van der Waals surface area contributed by atoms with Gasteiger partial charge in [0.05, 0.1) is 7.11 Å². The van der Waals surface area contributed by atoms with E-state index in [2.05, 4.69) is 59.6 Å². The van der Waals surface area contributed by atoms with Crippen molar-refractivity contribution in [1.82, 2.24) is 4.90 Å². The van der Waals surface area contributed by atoms with E-state index >= 15 is 0 Å². The Balaban J connectivity index is 1.27. The van der Waals surface area contributed by atoms with E-state index in [0.717, 1.165) is 61.5 Å². The quantitative estimate of drug-likeness (QED) is 0.451. The van der Waals surface area contributed by atoms with Crippen LogP contribution < -0.4 is 10.1 Å². The topological polar surface area (TPSA) is 41.6 Å². The van der Waals surface area contributed by atoms with Crippen LogP contribution in [0.5, 0.6) is 5.75 Å². The monoisotopic (exact) mass is 442 g/mol. The molecular weight excluding hydrogens is 408 g/mol. The van der Waals surface area contributed by atoms with Crippen LogP contribution in [-0.4, -0.2) is 37.6 Å². The summed E-state index contributed by atoms with van der Waals surface area (Å²) in [5.74, 6) is 1.60. The van der Waals surface area contributed by atoms with Gasteiger partial charge in [-0.25, -0.2) is 0 Å². The van der Waals surface area contributed by atoms with Crippen LogP contribution in [0.2, 0.25) is 0 Å². The molecule has 4 nitrogen and oxygen atoms in total. The predicted octanol–water partition coefficient (Wildman–Crippen LogP) is 6.21. The van der Waals surface area contributed by atoms with Crippen LogP contribution in [0, 0.1) is 5.92 Å². The Bertz CT molecular complexity index is 1040. The van der Waals surface area contributed by atoms with Crippen molar-refractivity contribution in [2.24, 2.45) is 5.92 Å². The molecule has 1 saturated heterocycles. The summed E-state index contributed by atoms with van der Waals surface area (Å²) in [6, 6.07) is 26.7. The Labute approximate surface area is 197 Å². The molecule has 1 N–H and O–H groups in total. The Morgan fingerprint density at radius 2 is 1.67 bits per heavy atom. The average Bonchev–Trinajstić information content (AvgIpc) is 2.88. The highest BCUT2D eigenvalue weighted by atomic mass is 16.5. The summed E-state index contributed by atoms with van der Waals surface area (Å²) in [6.07, 6.45) is 2.99. The summed E-state index contributed by atoms with van der Waals surface area (Å²) in [4.78, 5) is 15.4. The van der Waals surface area contributed by atoms with Crippen molar-refractivity contribution in [2.75, 3.05) is 32.1 Å². The average molecular weight is 443 g/mol. The number of likely N-dealkylation sites (tertiary alicyclic amines) is 1. The molecule has 1 aliphatic rings. The molecule has 0 aliphatic carbocycles. The molecule has 0 aromatic heterocycles. The van der Waals surface area contributed by atoms with Gasteiger partial charge in [-0.05, 0) is 85.8 Å². The number of nitrogens with zero attached hydrogens (tertiary/aromatic N) is 1. The maximum atomic E-state index is 12.9. The maximum Gasteiger partial charge on any atom is 0.227 e. The van der Waals surface area contributed by atoms with E-state index in [0.29, 0.717) is 5.92 Å². The van der Waals surface area contributed by atoms with Crippen molar-refractivity contribution < 1.29 is 9.53 Å². The SMILES string of the molecule is COc1cccc(-c2cccc(NC(=O)C3CCN(CCC(C)c4ccccc4)CC3)c2)c1. The summed E-state index contributed by atoms with van der Waals surface area (Å²) in [6.45, 7) is 5.37. The summed E-state index contributed by atoms with van der Waals surface area (Å²) >= 11 is 0. The van der Waals surface area contributed by atoms with Crippen molar-refractivity contribution in [1.29, 1.82) is 0 Å². The third-order valence-electron chi connectivity index (χ3n) is 6.74. The minimum atomic E-state index is 0.0771. The zero-order chi connectivity index (χ0) is 23.0. The van der Waals surface area contributed by atoms with Crippen molar-refractivity contribution in [3.05, 3.63) is 84.4 Å². The fraction of sp³-hybridized carbons (Fsp3) is 0.345. The smallest absolute Gasteiger partial charge is 0.227 e. The molecule has 1 amide bonds. The number of carbonyl (C=O) groups excluding carboxylic acids is 1. The number of amides is 1. The van der Waals surface area contributed by atoms with Crippen LogP contribution in [0.25, 0.3) is 11.1 Å². The molecule has 4 rings (SSSR count). The van der Waals surface area contributed by atoms with Gasteiger partial charge in [0, 0.05) is 11.6 Å². The lowest BCUT2D eigenvalue weighted by molar-refractivity contribution is -0.121. The largest absolute Gasteiger partial charge is 0.497 e. The zero-order valence-electron chi connectivity index (χ0n) is 19.7. The van der Waals surface area contributed by atoms with Crippen molar-refractivity contribution >= 4 is 11.6 Å². The summed E-state index contributed by atoms with van der Waals surface area (Å²) in [5.41, 5.74) is 4.39. The summed E-state index contributed by atoms with van der Waals surface area (Å²) < 4.78 is 5.34. The molecule has 1 aliphatic heterocycles. The van der Waals surface area contributed by atoms with Gasteiger partial charge in [-0.2, -0.15) is 0 Å². The number of methoxy groups -OCH3 is 1. The van der Waals surface area contributed by atoms with Crippen LogP contribution in [0.15, 0.2) is 78.9 Å². The molecule has 0 spiro atoms. The molecule has 0 radical (unpaired) electrons. The molecule has 0 saturated carbocycles. The number of piperidine rings is 1. The number of nitrogens with one attached hydrogen (secondary N) is 1. The van der Waals surface area contributed by atoms with Crippen LogP contribution >= 0.6 is 0 Å². The van der Waals surface area contributed by atoms with E-state index in [9.17, 15) is 4.79 Å². The van der Waals surface area contributed by atoms with Gasteiger partial charge in [-0.1, -0.05) is 61.5 Å². The maximum absolute atomic E-state index is 12.9. The standard InChI is InChI=1S/C29H34N2O2/c1-22(23-8-4-3-5-9-23)14-17-31-18-15-24(16-19-31)29(32)30-27-12-6-10-25(20-27)26-11-7-13-28(21-26)33-2/h3-13,20-22,24H,14-19H2,1-2H3,(H,30,32). The normalized spacial score (nSPS) is 15.7. The van der Waals surface area contributed by atoms with Crippen molar-refractivity contribution in [2.45, 2.75) is 32.1 Å². The fourth-order valence-electron chi connectivity index (χ4n) is 4.57. The number of rotatable bonds is 8. The summed E-state index contributed by atoms with van der Waals surface area (Å²) in [7, 11) is 1.67. The van der Waals surface area contributed by atoms with Gasteiger partial charge in [0.1, 0.15) is 5.75 Å². The van der Waals surface area contributed by atoms with Gasteiger partial charge in [-0.15, -0.1) is 0 Å². The first-order valence-corrected chi connectivity index (χ1v) is 11.9. The highest BCUT2D eigenvalue weighted by molar-refractivity contribution is 5.93. The second-order valence-corrected chi connectivity index (χ2v) is 9.02. The molecule has 4 heteroatoms. The molecular formula is C29H34N2O2. The van der Waals surface area contributed by atoms with Gasteiger partial charge < -0.3 is 15.0 Å². The number of hydrogen-bond donors (Lipinski definition) is 1. The van der Waals surface area contributed by atoms with Crippen LogP contribution in [-0.2, 0) is 4.79 Å². The van der Waals surface area contributed by atoms with E-state index < -0.39 is 0 Å². The number of ether oxygens (including phenoxy) is 1. The predicted molar refractivity (Wildman–Crippen MR) is 136 cm³/mol. The molecule has 3 aromatic carbocycles. The van der Waals surface area contributed by atoms with E-state index in [1.807, 2.05) is 36.4 Å². The Hall–Kier alpha value is -3.11. The molecule has 0 bridgehead atoms. The minimum absolute atomic E-state index is 0.0771. The van der Waals surface area contributed by atoms with Gasteiger partial charge in [0.15, 0.2) is 0 Å². The van der Waals surface area contributed by atoms with Crippen LogP contribution in [0.1, 0.15) is 37.7 Å². The van der Waals surface area contributed by atoms with Crippen LogP contribution in [0.4, 0.5) is 5.69 Å². The van der Waals surface area contributed by atoms with Gasteiger partial charge >= 0.3 is 0 Å². The summed E-state index contributed by atoms with van der Waals surface area (Å²) in [5, 5.41) is 3.15. The van der Waals surface area contributed by atoms with E-state index in [1.165, 1.54) is 5.56 Å². The minimum Gasteiger partial charge on any atom is -0.497 e.